The Hall–Kier alpha value is -3.19. The molecule has 0 unspecified atom stereocenters. The summed E-state index contributed by atoms with van der Waals surface area (Å²) in [5, 5.41) is 0. The second-order valence-corrected chi connectivity index (χ2v) is 7.31. The van der Waals surface area contributed by atoms with Crippen LogP contribution in [0.5, 0.6) is 0 Å². The second kappa shape index (κ2) is 8.05. The first kappa shape index (κ1) is 19.1. The summed E-state index contributed by atoms with van der Waals surface area (Å²) >= 11 is 3.49. The Balaban J connectivity index is 1.54. The van der Waals surface area contributed by atoms with E-state index in [1.54, 1.807) is 36.5 Å². The van der Waals surface area contributed by atoms with Gasteiger partial charge in [-0.25, -0.2) is 9.78 Å². The monoisotopic (exact) mass is 452 g/mol. The molecule has 0 fully saturated rings. The van der Waals surface area contributed by atoms with Crippen LogP contribution in [-0.2, 0) is 11.3 Å². The van der Waals surface area contributed by atoms with Crippen molar-refractivity contribution >= 4 is 33.0 Å². The van der Waals surface area contributed by atoms with Gasteiger partial charge in [-0.3, -0.25) is 4.79 Å². The first-order chi connectivity index (χ1) is 14.0. The smallest absolute Gasteiger partial charge is 0.338 e. The van der Waals surface area contributed by atoms with Gasteiger partial charge in [-0.2, -0.15) is 0 Å². The van der Waals surface area contributed by atoms with Gasteiger partial charge in [0.05, 0.1) is 12.1 Å². The van der Waals surface area contributed by atoms with Gasteiger partial charge in [0.1, 0.15) is 6.61 Å². The second-order valence-electron chi connectivity index (χ2n) is 6.46. The van der Waals surface area contributed by atoms with Crippen LogP contribution in [0, 0.1) is 6.92 Å². The zero-order chi connectivity index (χ0) is 20.4. The fraction of sp³-hybridized carbons (Fsp3) is 0.136. The van der Waals surface area contributed by atoms with Gasteiger partial charge in [-0.15, -0.1) is 0 Å². The third kappa shape index (κ3) is 3.86. The third-order valence-electron chi connectivity index (χ3n) is 4.60. The van der Waals surface area contributed by atoms with Crippen LogP contribution in [0.4, 0.5) is 0 Å². The number of benzene rings is 2. The quantitative estimate of drug-likeness (QED) is 0.414. The minimum atomic E-state index is -0.423. The van der Waals surface area contributed by atoms with E-state index in [9.17, 15) is 9.59 Å². The average molecular weight is 453 g/mol. The van der Waals surface area contributed by atoms with E-state index in [2.05, 4.69) is 20.9 Å². The van der Waals surface area contributed by atoms with E-state index in [4.69, 9.17) is 9.15 Å². The van der Waals surface area contributed by atoms with Crippen molar-refractivity contribution in [1.82, 2.24) is 9.55 Å². The number of carbonyl (C=O) groups excluding carboxylic acids is 1. The lowest BCUT2D eigenvalue weighted by molar-refractivity contribution is 0.0490. The number of oxazole rings is 1. The highest BCUT2D eigenvalue weighted by molar-refractivity contribution is 9.10. The first-order valence-corrected chi connectivity index (χ1v) is 9.81. The van der Waals surface area contributed by atoms with Crippen LogP contribution < -0.4 is 5.56 Å². The summed E-state index contributed by atoms with van der Waals surface area (Å²) in [6.45, 7) is 2.26. The Morgan fingerprint density at radius 1 is 1.14 bits per heavy atom. The molecular weight excluding hydrogens is 436 g/mol. The highest BCUT2D eigenvalue weighted by Gasteiger charge is 2.15. The molecule has 4 aromatic rings. The third-order valence-corrected chi connectivity index (χ3v) is 5.45. The molecule has 0 bridgehead atoms. The molecule has 2 aromatic carbocycles. The molecule has 0 spiro atoms. The molecular formula is C22H17BrN2O4. The van der Waals surface area contributed by atoms with Gasteiger partial charge < -0.3 is 13.7 Å². The lowest BCUT2D eigenvalue weighted by Crippen LogP contribution is -2.22. The molecule has 0 atom stereocenters. The van der Waals surface area contributed by atoms with Gasteiger partial charge in [0.25, 0.3) is 5.56 Å². The predicted octanol–water partition coefficient (Wildman–Crippen LogP) is 4.58. The van der Waals surface area contributed by atoms with Crippen LogP contribution in [-0.4, -0.2) is 22.1 Å². The Kier molecular flexibility index (Phi) is 5.31. The van der Waals surface area contributed by atoms with Crippen LogP contribution >= 0.6 is 15.9 Å². The highest BCUT2D eigenvalue weighted by atomic mass is 79.9. The Morgan fingerprint density at radius 3 is 2.72 bits per heavy atom. The molecule has 6 nitrogen and oxygen atoms in total. The van der Waals surface area contributed by atoms with Crippen molar-refractivity contribution in [1.29, 1.82) is 0 Å². The van der Waals surface area contributed by atoms with Crippen molar-refractivity contribution in [3.05, 3.63) is 86.7 Å². The van der Waals surface area contributed by atoms with Crippen LogP contribution in [0.1, 0.15) is 15.9 Å². The normalized spacial score (nSPS) is 11.0. The molecule has 0 saturated carbocycles. The minimum absolute atomic E-state index is 0.0780. The summed E-state index contributed by atoms with van der Waals surface area (Å²) in [6, 6.07) is 16.1. The van der Waals surface area contributed by atoms with E-state index in [0.717, 1.165) is 15.6 Å². The number of hydrogen-bond donors (Lipinski definition) is 0. The standard InChI is InChI=1S/C22H17BrN2O4/c1-14-16(8-5-9-17(14)23)20-24-19-18(29-20)10-11-25(21(19)26)12-13-28-22(27)15-6-3-2-4-7-15/h2-11H,12-13H2,1H3. The fourth-order valence-electron chi connectivity index (χ4n) is 2.98. The van der Waals surface area contributed by atoms with Crippen molar-refractivity contribution in [2.24, 2.45) is 0 Å². The van der Waals surface area contributed by atoms with Gasteiger partial charge in [0.2, 0.25) is 5.89 Å². The van der Waals surface area contributed by atoms with E-state index >= 15 is 0 Å². The van der Waals surface area contributed by atoms with Gasteiger partial charge in [0, 0.05) is 16.2 Å². The summed E-state index contributed by atoms with van der Waals surface area (Å²) in [4.78, 5) is 29.2. The molecule has 0 saturated heterocycles. The van der Waals surface area contributed by atoms with Gasteiger partial charge in [-0.05, 0) is 42.8 Å². The highest BCUT2D eigenvalue weighted by Crippen LogP contribution is 2.29. The summed E-state index contributed by atoms with van der Waals surface area (Å²) < 4.78 is 13.4. The molecule has 2 aromatic heterocycles. The zero-order valence-electron chi connectivity index (χ0n) is 15.6. The molecule has 29 heavy (non-hydrogen) atoms. The van der Waals surface area contributed by atoms with Crippen LogP contribution in [0.25, 0.3) is 22.6 Å². The molecule has 0 N–H and O–H groups in total. The lowest BCUT2D eigenvalue weighted by Gasteiger charge is -2.06. The molecule has 0 radical (unpaired) electrons. The van der Waals surface area contributed by atoms with E-state index < -0.39 is 5.97 Å². The van der Waals surface area contributed by atoms with Crippen molar-refractivity contribution < 1.29 is 13.9 Å². The van der Waals surface area contributed by atoms with Gasteiger partial charge in [-0.1, -0.05) is 40.2 Å². The van der Waals surface area contributed by atoms with Crippen LogP contribution in [0.2, 0.25) is 0 Å². The van der Waals surface area contributed by atoms with E-state index in [1.165, 1.54) is 4.57 Å². The van der Waals surface area contributed by atoms with E-state index in [0.29, 0.717) is 17.0 Å². The maximum atomic E-state index is 12.8. The van der Waals surface area contributed by atoms with Crippen molar-refractivity contribution in [3.8, 4) is 11.5 Å². The topological polar surface area (TPSA) is 74.3 Å². The molecule has 7 heteroatoms. The molecule has 4 rings (SSSR count). The summed E-state index contributed by atoms with van der Waals surface area (Å²) in [5.74, 6) is -0.0299. The largest absolute Gasteiger partial charge is 0.460 e. The average Bonchev–Trinajstić information content (AvgIpc) is 3.17. The Bertz CT molecular complexity index is 1240. The first-order valence-electron chi connectivity index (χ1n) is 9.02. The number of pyridine rings is 1. The molecule has 2 heterocycles. The number of rotatable bonds is 5. The van der Waals surface area contributed by atoms with Crippen LogP contribution in [0.3, 0.4) is 0 Å². The van der Waals surface area contributed by atoms with Crippen molar-refractivity contribution in [2.45, 2.75) is 13.5 Å². The summed E-state index contributed by atoms with van der Waals surface area (Å²) in [5.41, 5.74) is 2.64. The number of carbonyl (C=O) groups is 1. The zero-order valence-corrected chi connectivity index (χ0v) is 17.2. The van der Waals surface area contributed by atoms with Crippen molar-refractivity contribution in [3.63, 3.8) is 0 Å². The Labute approximate surface area is 174 Å². The Morgan fingerprint density at radius 2 is 1.93 bits per heavy atom. The lowest BCUT2D eigenvalue weighted by atomic mass is 10.1. The number of nitrogens with zero attached hydrogens (tertiary/aromatic N) is 2. The molecule has 0 amide bonds. The van der Waals surface area contributed by atoms with Crippen molar-refractivity contribution in [2.75, 3.05) is 6.61 Å². The number of halogens is 1. The molecule has 146 valence electrons. The number of aromatic nitrogens is 2. The van der Waals surface area contributed by atoms with Gasteiger partial charge >= 0.3 is 5.97 Å². The number of hydrogen-bond acceptors (Lipinski definition) is 5. The fourth-order valence-corrected chi connectivity index (χ4v) is 3.35. The van der Waals surface area contributed by atoms with E-state index in [-0.39, 0.29) is 24.2 Å². The number of esters is 1. The molecule has 0 aliphatic rings. The maximum Gasteiger partial charge on any atom is 0.338 e. The minimum Gasteiger partial charge on any atom is -0.460 e. The van der Waals surface area contributed by atoms with Gasteiger partial charge in [0.15, 0.2) is 11.1 Å². The maximum absolute atomic E-state index is 12.8. The summed E-state index contributed by atoms with van der Waals surface area (Å²) in [6.07, 6.45) is 1.61. The summed E-state index contributed by atoms with van der Waals surface area (Å²) in [7, 11) is 0. The number of ether oxygens (including phenoxy) is 1. The van der Waals surface area contributed by atoms with Crippen LogP contribution in [0.15, 0.2) is 74.5 Å². The van der Waals surface area contributed by atoms with E-state index in [1.807, 2.05) is 31.2 Å². The SMILES string of the molecule is Cc1c(Br)cccc1-c1nc2c(=O)n(CCOC(=O)c3ccccc3)ccc2o1. The molecule has 0 aliphatic carbocycles. The molecule has 0 aliphatic heterocycles. The number of fused-ring (bicyclic) bond motifs is 1. The predicted molar refractivity (Wildman–Crippen MR) is 113 cm³/mol.